The quantitative estimate of drug-likeness (QED) is 0.865. The molecule has 1 aliphatic rings. The van der Waals surface area contributed by atoms with Gasteiger partial charge < -0.3 is 0 Å². The molecule has 2 aromatic heterocycles. The molecule has 3 nitrogen and oxygen atoms in total. The van der Waals surface area contributed by atoms with Crippen LogP contribution in [0.25, 0.3) is 0 Å². The van der Waals surface area contributed by atoms with E-state index in [4.69, 9.17) is 0 Å². The highest BCUT2D eigenvalue weighted by molar-refractivity contribution is 7.16. The molecule has 1 amide bonds. The molecule has 0 atom stereocenters. The van der Waals surface area contributed by atoms with Crippen LogP contribution in [0.5, 0.6) is 0 Å². The predicted molar refractivity (Wildman–Crippen MR) is 75.6 cm³/mol. The second-order valence-corrected chi connectivity index (χ2v) is 6.52. The van der Waals surface area contributed by atoms with E-state index in [1.54, 1.807) is 27.6 Å². The molecule has 0 saturated carbocycles. The maximum absolute atomic E-state index is 12.1. The molecular weight excluding hydrogens is 264 g/mol. The molecule has 0 N–H and O–H groups in total. The number of anilines is 1. The molecule has 94 valence electrons. The number of rotatable bonds is 3. The minimum absolute atomic E-state index is 0.116. The van der Waals surface area contributed by atoms with Crippen LogP contribution in [0.2, 0.25) is 0 Å². The first-order chi connectivity index (χ1) is 8.74. The van der Waals surface area contributed by atoms with Crippen molar-refractivity contribution >= 4 is 33.7 Å². The van der Waals surface area contributed by atoms with Gasteiger partial charge in [0.15, 0.2) is 5.13 Å². The summed E-state index contributed by atoms with van der Waals surface area (Å²) in [5, 5.41) is 2.85. The van der Waals surface area contributed by atoms with Gasteiger partial charge in [-0.2, -0.15) is 0 Å². The summed E-state index contributed by atoms with van der Waals surface area (Å²) in [6, 6.07) is 3.98. The van der Waals surface area contributed by atoms with Crippen LogP contribution in [0.4, 0.5) is 5.13 Å². The van der Waals surface area contributed by atoms with E-state index < -0.39 is 0 Å². The Morgan fingerprint density at radius 2 is 2.39 bits per heavy atom. The van der Waals surface area contributed by atoms with Crippen molar-refractivity contribution in [1.29, 1.82) is 0 Å². The van der Waals surface area contributed by atoms with Crippen LogP contribution >= 0.6 is 22.7 Å². The van der Waals surface area contributed by atoms with Gasteiger partial charge in [-0.1, -0.05) is 6.07 Å². The van der Waals surface area contributed by atoms with Gasteiger partial charge in [-0.25, -0.2) is 4.98 Å². The van der Waals surface area contributed by atoms with E-state index in [0.29, 0.717) is 6.42 Å². The Hall–Kier alpha value is -1.20. The monoisotopic (exact) mass is 278 g/mol. The van der Waals surface area contributed by atoms with Gasteiger partial charge in [0.2, 0.25) is 5.91 Å². The van der Waals surface area contributed by atoms with Crippen molar-refractivity contribution in [3.63, 3.8) is 0 Å². The van der Waals surface area contributed by atoms with Gasteiger partial charge in [-0.15, -0.1) is 22.7 Å². The van der Waals surface area contributed by atoms with Crippen LogP contribution in [-0.4, -0.2) is 17.9 Å². The van der Waals surface area contributed by atoms with Gasteiger partial charge in [0.1, 0.15) is 0 Å². The number of amides is 1. The summed E-state index contributed by atoms with van der Waals surface area (Å²) in [4.78, 5) is 20.9. The van der Waals surface area contributed by atoms with Gasteiger partial charge in [0, 0.05) is 16.8 Å². The summed E-state index contributed by atoms with van der Waals surface area (Å²) in [6.45, 7) is 0. The third-order valence-electron chi connectivity index (χ3n) is 3.15. The number of nitrogens with zero attached hydrogens (tertiary/aromatic N) is 2. The van der Waals surface area contributed by atoms with E-state index in [2.05, 4.69) is 4.98 Å². The molecule has 3 rings (SSSR count). The number of fused-ring (bicyclic) bond motifs is 1. The Morgan fingerprint density at radius 3 is 3.11 bits per heavy atom. The number of hydrogen-bond donors (Lipinski definition) is 0. The molecule has 0 bridgehead atoms. The lowest BCUT2D eigenvalue weighted by molar-refractivity contribution is -0.117. The van der Waals surface area contributed by atoms with Crippen molar-refractivity contribution in [3.8, 4) is 0 Å². The molecule has 5 heteroatoms. The van der Waals surface area contributed by atoms with Gasteiger partial charge in [-0.05, 0) is 30.7 Å². The van der Waals surface area contributed by atoms with E-state index in [0.717, 1.165) is 22.9 Å². The Balaban J connectivity index is 1.73. The predicted octanol–water partition coefficient (Wildman–Crippen LogP) is 2.90. The van der Waals surface area contributed by atoms with Crippen molar-refractivity contribution in [2.45, 2.75) is 25.7 Å². The number of aryl methyl sites for hydroxylation is 2. The van der Waals surface area contributed by atoms with E-state index in [-0.39, 0.29) is 5.91 Å². The molecule has 0 fully saturated rings. The fraction of sp³-hybridized carbons (Fsp3) is 0.385. The number of hydrogen-bond acceptors (Lipinski definition) is 4. The molecule has 0 spiro atoms. The largest absolute Gasteiger partial charge is 0.291 e. The highest BCUT2D eigenvalue weighted by atomic mass is 32.1. The minimum Gasteiger partial charge on any atom is -0.291 e. The Kier molecular flexibility index (Phi) is 3.18. The molecular formula is C13H14N2OS2. The van der Waals surface area contributed by atoms with E-state index >= 15 is 0 Å². The summed E-state index contributed by atoms with van der Waals surface area (Å²) >= 11 is 3.29. The highest BCUT2D eigenvalue weighted by Gasteiger charge is 2.21. The Morgan fingerprint density at radius 1 is 1.50 bits per heavy atom. The number of carbonyl (C=O) groups excluding carboxylic acids is 1. The number of carbonyl (C=O) groups is 1. The van der Waals surface area contributed by atoms with Crippen LogP contribution in [0.15, 0.2) is 17.5 Å². The fourth-order valence-electron chi connectivity index (χ4n) is 2.11. The maximum Gasteiger partial charge on any atom is 0.233 e. The lowest BCUT2D eigenvalue weighted by Crippen LogP contribution is -2.27. The molecule has 1 aliphatic carbocycles. The molecule has 0 saturated heterocycles. The average molecular weight is 278 g/mol. The number of aromatic nitrogens is 1. The second-order valence-electron chi connectivity index (χ2n) is 4.43. The SMILES string of the molecule is CN(C(=O)Cc1cccs1)c1nc2c(s1)CCC2. The van der Waals surface area contributed by atoms with Crippen molar-refractivity contribution in [2.75, 3.05) is 11.9 Å². The summed E-state index contributed by atoms with van der Waals surface area (Å²) < 4.78 is 0. The van der Waals surface area contributed by atoms with Crippen LogP contribution < -0.4 is 4.90 Å². The fourth-order valence-corrected chi connectivity index (χ4v) is 3.93. The zero-order valence-electron chi connectivity index (χ0n) is 10.2. The maximum atomic E-state index is 12.1. The van der Waals surface area contributed by atoms with Gasteiger partial charge in [-0.3, -0.25) is 9.69 Å². The summed E-state index contributed by atoms with van der Waals surface area (Å²) in [5.74, 6) is 0.116. The van der Waals surface area contributed by atoms with Crippen LogP contribution in [0.3, 0.4) is 0 Å². The van der Waals surface area contributed by atoms with E-state index in [1.165, 1.54) is 17.0 Å². The zero-order chi connectivity index (χ0) is 12.5. The van der Waals surface area contributed by atoms with E-state index in [9.17, 15) is 4.79 Å². The number of thiophene rings is 1. The Labute approximate surface area is 114 Å². The lowest BCUT2D eigenvalue weighted by atomic mass is 10.3. The first-order valence-electron chi connectivity index (χ1n) is 6.01. The third kappa shape index (κ3) is 2.20. The second kappa shape index (κ2) is 4.82. The van der Waals surface area contributed by atoms with Gasteiger partial charge in [0.05, 0.1) is 12.1 Å². The van der Waals surface area contributed by atoms with Crippen LogP contribution in [0.1, 0.15) is 21.9 Å². The van der Waals surface area contributed by atoms with Crippen molar-refractivity contribution < 1.29 is 4.79 Å². The smallest absolute Gasteiger partial charge is 0.233 e. The number of thiazole rings is 1. The average Bonchev–Trinajstić information content (AvgIpc) is 3.02. The standard InChI is InChI=1S/C13H14N2OS2/c1-15(12(16)8-9-4-3-7-17-9)13-14-10-5-2-6-11(10)18-13/h3-4,7H,2,5-6,8H2,1H3. The van der Waals surface area contributed by atoms with Crippen molar-refractivity contribution in [2.24, 2.45) is 0 Å². The third-order valence-corrected chi connectivity index (χ3v) is 5.26. The zero-order valence-corrected chi connectivity index (χ0v) is 11.8. The topological polar surface area (TPSA) is 33.2 Å². The normalized spacial score (nSPS) is 13.6. The van der Waals surface area contributed by atoms with Crippen LogP contribution in [0, 0.1) is 0 Å². The molecule has 0 aliphatic heterocycles. The number of likely N-dealkylation sites (N-methyl/N-ethyl adjacent to an activating group) is 1. The summed E-state index contributed by atoms with van der Waals surface area (Å²) in [7, 11) is 1.82. The highest BCUT2D eigenvalue weighted by Crippen LogP contribution is 2.32. The first kappa shape index (κ1) is 11.9. The molecule has 2 aromatic rings. The van der Waals surface area contributed by atoms with Crippen LogP contribution in [-0.2, 0) is 24.1 Å². The molecule has 18 heavy (non-hydrogen) atoms. The summed E-state index contributed by atoms with van der Waals surface area (Å²) in [6.07, 6.45) is 3.87. The van der Waals surface area contributed by atoms with E-state index in [1.807, 2.05) is 24.6 Å². The summed E-state index contributed by atoms with van der Waals surface area (Å²) in [5.41, 5.74) is 1.20. The van der Waals surface area contributed by atoms with Crippen molar-refractivity contribution in [1.82, 2.24) is 4.98 Å². The molecule has 0 aromatic carbocycles. The van der Waals surface area contributed by atoms with Gasteiger partial charge >= 0.3 is 0 Å². The first-order valence-corrected chi connectivity index (χ1v) is 7.71. The minimum atomic E-state index is 0.116. The van der Waals surface area contributed by atoms with Gasteiger partial charge in [0.25, 0.3) is 0 Å². The molecule has 0 radical (unpaired) electrons. The molecule has 2 heterocycles. The molecule has 0 unspecified atom stereocenters. The Bertz CT molecular complexity index is 538. The lowest BCUT2D eigenvalue weighted by Gasteiger charge is -2.13. The van der Waals surface area contributed by atoms with Crippen molar-refractivity contribution in [3.05, 3.63) is 33.0 Å².